The number of halogens is 1. The number of aryl methyl sites for hydroxylation is 1. The van der Waals surface area contributed by atoms with Crippen LogP contribution in [0.1, 0.15) is 37.8 Å². The first-order valence-corrected chi connectivity index (χ1v) is 7.05. The Morgan fingerprint density at radius 1 is 1.26 bits per heavy atom. The Kier molecular flexibility index (Phi) is 5.50. The molecule has 0 aromatic heterocycles. The molecule has 0 heterocycles. The predicted octanol–water partition coefficient (Wildman–Crippen LogP) is 3.12. The average molecular weight is 266 g/mol. The molecule has 3 heteroatoms. The van der Waals surface area contributed by atoms with Crippen LogP contribution in [0.25, 0.3) is 0 Å². The van der Waals surface area contributed by atoms with Gasteiger partial charge in [-0.15, -0.1) is 0 Å². The van der Waals surface area contributed by atoms with Gasteiger partial charge in [-0.2, -0.15) is 0 Å². The largest absolute Gasteiger partial charge is 0.326 e. The second-order valence-corrected chi connectivity index (χ2v) is 5.59. The van der Waals surface area contributed by atoms with Gasteiger partial charge in [-0.05, 0) is 63.5 Å². The van der Waals surface area contributed by atoms with Gasteiger partial charge in [0.15, 0.2) is 0 Å². The van der Waals surface area contributed by atoms with Gasteiger partial charge in [-0.25, -0.2) is 4.39 Å². The highest BCUT2D eigenvalue weighted by atomic mass is 19.1. The molecule has 0 aliphatic carbocycles. The molecule has 2 nitrogen and oxygen atoms in total. The summed E-state index contributed by atoms with van der Waals surface area (Å²) in [5, 5.41) is 0. The topological polar surface area (TPSA) is 29.3 Å². The zero-order valence-corrected chi connectivity index (χ0v) is 12.8. The summed E-state index contributed by atoms with van der Waals surface area (Å²) < 4.78 is 13.1. The molecule has 0 saturated heterocycles. The maximum absolute atomic E-state index is 13.1. The third-order valence-electron chi connectivity index (χ3n) is 4.55. The predicted molar refractivity (Wildman–Crippen MR) is 79.8 cm³/mol. The minimum absolute atomic E-state index is 0.000820. The third-order valence-corrected chi connectivity index (χ3v) is 4.55. The van der Waals surface area contributed by atoms with Gasteiger partial charge in [0.05, 0.1) is 0 Å². The smallest absolute Gasteiger partial charge is 0.123 e. The fourth-order valence-corrected chi connectivity index (χ4v) is 3.05. The van der Waals surface area contributed by atoms with Crippen molar-refractivity contribution in [2.45, 2.75) is 51.6 Å². The van der Waals surface area contributed by atoms with Crippen molar-refractivity contribution in [2.75, 3.05) is 14.1 Å². The molecule has 1 rings (SSSR count). The first-order valence-electron chi connectivity index (χ1n) is 7.05. The molecule has 0 amide bonds. The summed E-state index contributed by atoms with van der Waals surface area (Å²) >= 11 is 0. The van der Waals surface area contributed by atoms with Crippen molar-refractivity contribution in [1.82, 2.24) is 4.90 Å². The third kappa shape index (κ3) is 3.34. The summed E-state index contributed by atoms with van der Waals surface area (Å²) in [4.78, 5) is 2.23. The van der Waals surface area contributed by atoms with Crippen molar-refractivity contribution in [2.24, 2.45) is 5.73 Å². The van der Waals surface area contributed by atoms with E-state index < -0.39 is 0 Å². The monoisotopic (exact) mass is 266 g/mol. The van der Waals surface area contributed by atoms with Gasteiger partial charge in [-0.3, -0.25) is 0 Å². The average Bonchev–Trinajstić information content (AvgIpc) is 2.34. The van der Waals surface area contributed by atoms with Crippen molar-refractivity contribution >= 4 is 0 Å². The van der Waals surface area contributed by atoms with E-state index in [0.29, 0.717) is 0 Å². The number of hydrogen-bond acceptors (Lipinski definition) is 2. The Balaban J connectivity index is 2.96. The van der Waals surface area contributed by atoms with Crippen LogP contribution in [0.3, 0.4) is 0 Å². The molecule has 108 valence electrons. The van der Waals surface area contributed by atoms with Gasteiger partial charge in [0.1, 0.15) is 5.82 Å². The summed E-state index contributed by atoms with van der Waals surface area (Å²) in [6.45, 7) is 6.31. The van der Waals surface area contributed by atoms with E-state index in [-0.39, 0.29) is 17.4 Å². The van der Waals surface area contributed by atoms with Crippen molar-refractivity contribution in [3.05, 3.63) is 35.1 Å². The molecule has 19 heavy (non-hydrogen) atoms. The molecular formula is C16H27FN2. The van der Waals surface area contributed by atoms with Crippen molar-refractivity contribution in [3.8, 4) is 0 Å². The molecule has 1 unspecified atom stereocenters. The van der Waals surface area contributed by atoms with E-state index in [4.69, 9.17) is 5.73 Å². The highest BCUT2D eigenvalue weighted by molar-refractivity contribution is 5.28. The Hall–Kier alpha value is -0.930. The van der Waals surface area contributed by atoms with Crippen LogP contribution in [-0.4, -0.2) is 30.6 Å². The fourth-order valence-electron chi connectivity index (χ4n) is 3.05. The molecular weight excluding hydrogens is 239 g/mol. The number of likely N-dealkylation sites (N-methyl/N-ethyl adjacent to an activating group) is 1. The lowest BCUT2D eigenvalue weighted by Gasteiger charge is -2.43. The normalized spacial score (nSPS) is 13.9. The van der Waals surface area contributed by atoms with Crippen LogP contribution in [0, 0.1) is 12.7 Å². The molecule has 0 fully saturated rings. The van der Waals surface area contributed by atoms with Crippen LogP contribution in [0.15, 0.2) is 18.2 Å². The van der Waals surface area contributed by atoms with Crippen LogP contribution in [0.5, 0.6) is 0 Å². The molecule has 0 radical (unpaired) electrons. The van der Waals surface area contributed by atoms with E-state index in [1.165, 1.54) is 6.07 Å². The van der Waals surface area contributed by atoms with E-state index in [0.717, 1.165) is 30.4 Å². The second kappa shape index (κ2) is 6.49. The quantitative estimate of drug-likeness (QED) is 0.857. The Bertz CT molecular complexity index is 411. The first-order chi connectivity index (χ1) is 8.87. The van der Waals surface area contributed by atoms with Crippen LogP contribution < -0.4 is 5.73 Å². The van der Waals surface area contributed by atoms with Gasteiger partial charge >= 0.3 is 0 Å². The highest BCUT2D eigenvalue weighted by Crippen LogP contribution is 2.27. The highest BCUT2D eigenvalue weighted by Gasteiger charge is 2.35. The van der Waals surface area contributed by atoms with Crippen LogP contribution in [0.2, 0.25) is 0 Å². The standard InChI is InChI=1S/C16H27FN2/c1-6-16(7-2,19(4)5)15(18)11-13-8-9-14(17)10-12(13)3/h8-10,15H,6-7,11,18H2,1-5H3. The molecule has 0 bridgehead atoms. The Morgan fingerprint density at radius 3 is 2.26 bits per heavy atom. The Labute approximate surface area is 116 Å². The number of rotatable bonds is 6. The van der Waals surface area contributed by atoms with Crippen LogP contribution >= 0.6 is 0 Å². The van der Waals surface area contributed by atoms with E-state index in [2.05, 4.69) is 32.8 Å². The van der Waals surface area contributed by atoms with Gasteiger partial charge < -0.3 is 10.6 Å². The lowest BCUT2D eigenvalue weighted by molar-refractivity contribution is 0.105. The second-order valence-electron chi connectivity index (χ2n) is 5.59. The maximum Gasteiger partial charge on any atom is 0.123 e. The molecule has 0 spiro atoms. The van der Waals surface area contributed by atoms with Crippen LogP contribution in [-0.2, 0) is 6.42 Å². The van der Waals surface area contributed by atoms with E-state index in [1.807, 2.05) is 13.0 Å². The summed E-state index contributed by atoms with van der Waals surface area (Å²) in [6.07, 6.45) is 2.81. The number of nitrogens with zero attached hydrogens (tertiary/aromatic N) is 1. The van der Waals surface area contributed by atoms with Gasteiger partial charge in [0.25, 0.3) is 0 Å². The molecule has 0 aliphatic heterocycles. The van der Waals surface area contributed by atoms with Gasteiger partial charge in [0.2, 0.25) is 0 Å². The minimum Gasteiger partial charge on any atom is -0.326 e. The van der Waals surface area contributed by atoms with E-state index in [9.17, 15) is 4.39 Å². The number of benzene rings is 1. The summed E-state index contributed by atoms with van der Waals surface area (Å²) in [5.41, 5.74) is 8.60. The van der Waals surface area contributed by atoms with E-state index >= 15 is 0 Å². The van der Waals surface area contributed by atoms with Crippen LogP contribution in [0.4, 0.5) is 4.39 Å². The maximum atomic E-state index is 13.1. The van der Waals surface area contributed by atoms with Crippen molar-refractivity contribution in [1.29, 1.82) is 0 Å². The minimum atomic E-state index is -0.181. The fraction of sp³-hybridized carbons (Fsp3) is 0.625. The SMILES string of the molecule is CCC(CC)(C(N)Cc1ccc(F)cc1C)N(C)C. The summed E-state index contributed by atoms with van der Waals surface area (Å²) in [6, 6.07) is 5.00. The summed E-state index contributed by atoms with van der Waals surface area (Å²) in [7, 11) is 4.18. The lowest BCUT2D eigenvalue weighted by atomic mass is 9.80. The molecule has 1 atom stereocenters. The Morgan fingerprint density at radius 2 is 1.84 bits per heavy atom. The van der Waals surface area contributed by atoms with Gasteiger partial charge in [-0.1, -0.05) is 19.9 Å². The summed E-state index contributed by atoms with van der Waals surface area (Å²) in [5.74, 6) is -0.181. The van der Waals surface area contributed by atoms with Crippen molar-refractivity contribution < 1.29 is 4.39 Å². The zero-order chi connectivity index (χ0) is 14.6. The molecule has 0 saturated carbocycles. The molecule has 2 N–H and O–H groups in total. The lowest BCUT2D eigenvalue weighted by Crippen LogP contribution is -2.57. The molecule has 0 aliphatic rings. The van der Waals surface area contributed by atoms with Gasteiger partial charge in [0, 0.05) is 11.6 Å². The van der Waals surface area contributed by atoms with E-state index in [1.54, 1.807) is 6.07 Å². The van der Waals surface area contributed by atoms with Crippen molar-refractivity contribution in [3.63, 3.8) is 0 Å². The molecule has 1 aromatic carbocycles. The number of hydrogen-bond donors (Lipinski definition) is 1. The molecule has 1 aromatic rings. The zero-order valence-electron chi connectivity index (χ0n) is 12.8. The number of nitrogens with two attached hydrogens (primary N) is 1. The first kappa shape index (κ1) is 16.1.